The summed E-state index contributed by atoms with van der Waals surface area (Å²) in [6.45, 7) is 3.20. The lowest BCUT2D eigenvalue weighted by atomic mass is 10.0. The van der Waals surface area contributed by atoms with Gasteiger partial charge in [0.1, 0.15) is 0 Å². The number of hydrogen-bond donors (Lipinski definition) is 1. The Morgan fingerprint density at radius 2 is 2.12 bits per heavy atom. The van der Waals surface area contributed by atoms with Gasteiger partial charge in [0.15, 0.2) is 0 Å². The Balaban J connectivity index is 2.06. The van der Waals surface area contributed by atoms with Crippen molar-refractivity contribution in [2.45, 2.75) is 38.6 Å². The number of benzene rings is 1. The molecule has 0 bridgehead atoms. The van der Waals surface area contributed by atoms with Gasteiger partial charge in [-0.2, -0.15) is 0 Å². The molecule has 1 aliphatic carbocycles. The summed E-state index contributed by atoms with van der Waals surface area (Å²) in [5.41, 5.74) is 1.38. The molecule has 0 heterocycles. The van der Waals surface area contributed by atoms with Crippen LogP contribution in [0.1, 0.15) is 44.2 Å². The zero-order valence-electron chi connectivity index (χ0n) is 10.2. The second-order valence-corrected chi connectivity index (χ2v) is 6.57. The van der Waals surface area contributed by atoms with Crippen LogP contribution < -0.4 is 5.32 Å². The standard InChI is InChI=1S/C14H19Br2N/c1-2-17-14(8-5-10-3-4-10)12-7-6-11(15)9-13(12)16/h6-7,9-10,14,17H,2-5,8H2,1H3. The maximum atomic E-state index is 3.67. The molecule has 0 radical (unpaired) electrons. The van der Waals surface area contributed by atoms with E-state index in [0.29, 0.717) is 6.04 Å². The van der Waals surface area contributed by atoms with Gasteiger partial charge in [-0.3, -0.25) is 0 Å². The Bertz CT molecular complexity index is 374. The van der Waals surface area contributed by atoms with Crippen LogP contribution in [0.25, 0.3) is 0 Å². The average molecular weight is 361 g/mol. The molecule has 1 aromatic rings. The molecule has 0 amide bonds. The Hall–Kier alpha value is 0.140. The van der Waals surface area contributed by atoms with Crippen molar-refractivity contribution in [2.75, 3.05) is 6.54 Å². The quantitative estimate of drug-likeness (QED) is 0.748. The summed E-state index contributed by atoms with van der Waals surface area (Å²) in [6, 6.07) is 6.97. The number of nitrogens with one attached hydrogen (secondary N) is 1. The lowest BCUT2D eigenvalue weighted by molar-refractivity contribution is 0.480. The van der Waals surface area contributed by atoms with Crippen molar-refractivity contribution in [2.24, 2.45) is 5.92 Å². The van der Waals surface area contributed by atoms with E-state index in [-0.39, 0.29) is 0 Å². The van der Waals surface area contributed by atoms with Gasteiger partial charge in [0.05, 0.1) is 0 Å². The van der Waals surface area contributed by atoms with Crippen molar-refractivity contribution >= 4 is 31.9 Å². The molecule has 0 aliphatic heterocycles. The minimum Gasteiger partial charge on any atom is -0.310 e. The largest absolute Gasteiger partial charge is 0.310 e. The molecule has 2 rings (SSSR count). The smallest absolute Gasteiger partial charge is 0.0331 e. The Labute approximate surface area is 121 Å². The Morgan fingerprint density at radius 1 is 1.35 bits per heavy atom. The van der Waals surface area contributed by atoms with E-state index in [1.807, 2.05) is 0 Å². The predicted octanol–water partition coefficient (Wildman–Crippen LogP) is 5.05. The summed E-state index contributed by atoms with van der Waals surface area (Å²) in [4.78, 5) is 0. The zero-order chi connectivity index (χ0) is 12.3. The molecule has 0 saturated heterocycles. The first-order valence-electron chi connectivity index (χ1n) is 6.39. The maximum absolute atomic E-state index is 3.67. The highest BCUT2D eigenvalue weighted by atomic mass is 79.9. The van der Waals surface area contributed by atoms with E-state index < -0.39 is 0 Å². The molecule has 1 aliphatic rings. The summed E-state index contributed by atoms with van der Waals surface area (Å²) in [5.74, 6) is 1.00. The third-order valence-corrected chi connectivity index (χ3v) is 4.53. The Morgan fingerprint density at radius 3 is 2.71 bits per heavy atom. The van der Waals surface area contributed by atoms with Crippen molar-refractivity contribution in [1.29, 1.82) is 0 Å². The summed E-state index contributed by atoms with van der Waals surface area (Å²) >= 11 is 7.18. The highest BCUT2D eigenvalue weighted by Crippen LogP contribution is 2.37. The van der Waals surface area contributed by atoms with Crippen LogP contribution >= 0.6 is 31.9 Å². The van der Waals surface area contributed by atoms with Crippen LogP contribution in [0.5, 0.6) is 0 Å². The first-order valence-corrected chi connectivity index (χ1v) is 7.97. The fourth-order valence-electron chi connectivity index (χ4n) is 2.21. The van der Waals surface area contributed by atoms with Gasteiger partial charge in [-0.15, -0.1) is 0 Å². The highest BCUT2D eigenvalue weighted by Gasteiger charge is 2.23. The molecule has 1 nitrogen and oxygen atoms in total. The molecule has 1 aromatic carbocycles. The molecule has 3 heteroatoms. The molecule has 1 unspecified atom stereocenters. The van der Waals surface area contributed by atoms with Crippen molar-refractivity contribution in [1.82, 2.24) is 5.32 Å². The molecule has 0 spiro atoms. The van der Waals surface area contributed by atoms with Gasteiger partial charge in [0.2, 0.25) is 0 Å². The summed E-state index contributed by atoms with van der Waals surface area (Å²) < 4.78 is 2.33. The van der Waals surface area contributed by atoms with E-state index in [9.17, 15) is 0 Å². The minimum absolute atomic E-state index is 0.489. The van der Waals surface area contributed by atoms with E-state index >= 15 is 0 Å². The zero-order valence-corrected chi connectivity index (χ0v) is 13.4. The Kier molecular flexibility index (Phi) is 5.07. The summed E-state index contributed by atoms with van der Waals surface area (Å²) in [6.07, 6.45) is 5.50. The van der Waals surface area contributed by atoms with E-state index in [1.54, 1.807) is 0 Å². The molecule has 1 atom stereocenters. The van der Waals surface area contributed by atoms with Crippen LogP contribution in [0, 0.1) is 5.92 Å². The van der Waals surface area contributed by atoms with Gasteiger partial charge in [0.25, 0.3) is 0 Å². The van der Waals surface area contributed by atoms with Crippen LogP contribution in [0.15, 0.2) is 27.1 Å². The molecule has 1 fully saturated rings. The molecular formula is C14H19Br2N. The second-order valence-electron chi connectivity index (χ2n) is 4.80. The van der Waals surface area contributed by atoms with Crippen molar-refractivity contribution in [3.8, 4) is 0 Å². The minimum atomic E-state index is 0.489. The van der Waals surface area contributed by atoms with Gasteiger partial charge >= 0.3 is 0 Å². The first kappa shape index (κ1) is 13.6. The molecular weight excluding hydrogens is 342 g/mol. The van der Waals surface area contributed by atoms with Gasteiger partial charge in [0, 0.05) is 15.0 Å². The normalized spacial score (nSPS) is 17.1. The van der Waals surface area contributed by atoms with Gasteiger partial charge in [-0.1, -0.05) is 57.7 Å². The van der Waals surface area contributed by atoms with Crippen molar-refractivity contribution < 1.29 is 0 Å². The first-order chi connectivity index (χ1) is 8.20. The highest BCUT2D eigenvalue weighted by molar-refractivity contribution is 9.11. The molecule has 94 valence electrons. The monoisotopic (exact) mass is 359 g/mol. The third kappa shape index (κ3) is 4.08. The second kappa shape index (κ2) is 6.35. The lowest BCUT2D eigenvalue weighted by Gasteiger charge is -2.20. The van der Waals surface area contributed by atoms with Crippen LogP contribution in [-0.4, -0.2) is 6.54 Å². The number of hydrogen-bond acceptors (Lipinski definition) is 1. The molecule has 1 saturated carbocycles. The number of halogens is 2. The SMILES string of the molecule is CCNC(CCC1CC1)c1ccc(Br)cc1Br. The van der Waals surface area contributed by atoms with Gasteiger partial charge < -0.3 is 5.32 Å². The van der Waals surface area contributed by atoms with E-state index in [1.165, 1.54) is 35.7 Å². The fourth-order valence-corrected chi connectivity index (χ4v) is 3.53. The van der Waals surface area contributed by atoms with Crippen LogP contribution in [0.4, 0.5) is 0 Å². The van der Waals surface area contributed by atoms with Crippen LogP contribution in [0.3, 0.4) is 0 Å². The van der Waals surface area contributed by atoms with Crippen LogP contribution in [0.2, 0.25) is 0 Å². The van der Waals surface area contributed by atoms with Gasteiger partial charge in [-0.05, 0) is 43.0 Å². The molecule has 1 N–H and O–H groups in total. The third-order valence-electron chi connectivity index (χ3n) is 3.35. The lowest BCUT2D eigenvalue weighted by Crippen LogP contribution is -2.21. The summed E-state index contributed by atoms with van der Waals surface area (Å²) in [5, 5.41) is 3.60. The summed E-state index contributed by atoms with van der Waals surface area (Å²) in [7, 11) is 0. The van der Waals surface area contributed by atoms with E-state index in [0.717, 1.165) is 16.9 Å². The van der Waals surface area contributed by atoms with E-state index in [2.05, 4.69) is 62.3 Å². The van der Waals surface area contributed by atoms with Crippen molar-refractivity contribution in [3.63, 3.8) is 0 Å². The average Bonchev–Trinajstić information content (AvgIpc) is 3.09. The molecule has 17 heavy (non-hydrogen) atoms. The topological polar surface area (TPSA) is 12.0 Å². The fraction of sp³-hybridized carbons (Fsp3) is 0.571. The maximum Gasteiger partial charge on any atom is 0.0331 e. The predicted molar refractivity (Wildman–Crippen MR) is 80.2 cm³/mol. The van der Waals surface area contributed by atoms with E-state index in [4.69, 9.17) is 0 Å². The number of rotatable bonds is 6. The molecule has 0 aromatic heterocycles. The van der Waals surface area contributed by atoms with Crippen molar-refractivity contribution in [3.05, 3.63) is 32.7 Å². The van der Waals surface area contributed by atoms with Gasteiger partial charge in [-0.25, -0.2) is 0 Å². The van der Waals surface area contributed by atoms with Crippen LogP contribution in [-0.2, 0) is 0 Å².